The van der Waals surface area contributed by atoms with Crippen molar-refractivity contribution in [1.82, 2.24) is 0 Å². The Bertz CT molecular complexity index is 120. The molecule has 0 heterocycles. The minimum absolute atomic E-state index is 1.15. The van der Waals surface area contributed by atoms with Gasteiger partial charge in [0.1, 0.15) is 0 Å². The zero-order valence-corrected chi connectivity index (χ0v) is 7.49. The highest BCUT2D eigenvalue weighted by molar-refractivity contribution is 6.50. The van der Waals surface area contributed by atoms with Crippen LogP contribution in [0.15, 0.2) is 0 Å². The van der Waals surface area contributed by atoms with Gasteiger partial charge < -0.3 is 17.3 Å². The van der Waals surface area contributed by atoms with E-state index in [0.717, 1.165) is 11.8 Å². The van der Waals surface area contributed by atoms with E-state index in [1.807, 2.05) is 0 Å². The van der Waals surface area contributed by atoms with E-state index in [0.29, 0.717) is 0 Å². The monoisotopic (exact) mass is 197 g/mol. The summed E-state index contributed by atoms with van der Waals surface area (Å²) in [6.07, 6.45) is 9.36. The molecule has 0 spiro atoms. The van der Waals surface area contributed by atoms with Crippen molar-refractivity contribution >= 4 is 7.25 Å². The molecule has 0 aromatic heterocycles. The molecule has 0 unspecified atom stereocenters. The van der Waals surface area contributed by atoms with E-state index in [-0.39, 0.29) is 0 Å². The summed E-state index contributed by atoms with van der Waals surface area (Å²) in [5, 5.41) is 0. The molecule has 0 amide bonds. The van der Waals surface area contributed by atoms with Crippen molar-refractivity contribution in [2.75, 3.05) is 0 Å². The molecule has 0 atom stereocenters. The third-order valence-electron chi connectivity index (χ3n) is 2.95. The first-order valence-electron chi connectivity index (χ1n) is 4.82. The average molecular weight is 197 g/mol. The predicted molar refractivity (Wildman–Crippen MR) is 44.9 cm³/mol. The molecular formula is C8H14BF4-. The SMILES string of the molecule is C1CC2CCC1CC2.F[B-](F)(F)F. The molecule has 3 saturated carbocycles. The van der Waals surface area contributed by atoms with Gasteiger partial charge in [-0.3, -0.25) is 0 Å². The molecule has 5 heteroatoms. The van der Waals surface area contributed by atoms with Crippen LogP contribution in [0, 0.1) is 11.8 Å². The summed E-state index contributed by atoms with van der Waals surface area (Å²) in [5.41, 5.74) is 0. The molecule has 78 valence electrons. The number of halogens is 4. The van der Waals surface area contributed by atoms with Crippen molar-refractivity contribution in [1.29, 1.82) is 0 Å². The van der Waals surface area contributed by atoms with Crippen LogP contribution in [0.25, 0.3) is 0 Å². The topological polar surface area (TPSA) is 0 Å². The Morgan fingerprint density at radius 3 is 0.846 bits per heavy atom. The van der Waals surface area contributed by atoms with Crippen molar-refractivity contribution in [3.05, 3.63) is 0 Å². The van der Waals surface area contributed by atoms with Gasteiger partial charge in [-0.2, -0.15) is 0 Å². The van der Waals surface area contributed by atoms with Gasteiger partial charge in [0.05, 0.1) is 0 Å². The maximum absolute atomic E-state index is 9.75. The van der Waals surface area contributed by atoms with Crippen LogP contribution in [-0.4, -0.2) is 7.25 Å². The Balaban J connectivity index is 0.000000149. The van der Waals surface area contributed by atoms with Gasteiger partial charge >= 0.3 is 7.25 Å². The fraction of sp³-hybridized carbons (Fsp3) is 1.00. The average Bonchev–Trinajstić information content (AvgIpc) is 2.05. The fourth-order valence-electron chi connectivity index (χ4n) is 2.28. The van der Waals surface area contributed by atoms with Gasteiger partial charge in [-0.1, -0.05) is 38.5 Å². The fourth-order valence-corrected chi connectivity index (χ4v) is 2.28. The Labute approximate surface area is 75.8 Å². The minimum atomic E-state index is -6.00. The smallest absolute Gasteiger partial charge is 0.418 e. The molecule has 0 nitrogen and oxygen atoms in total. The van der Waals surface area contributed by atoms with E-state index in [4.69, 9.17) is 0 Å². The zero-order chi connectivity index (χ0) is 9.90. The second-order valence-electron chi connectivity index (χ2n) is 3.96. The largest absolute Gasteiger partial charge is 0.673 e. The van der Waals surface area contributed by atoms with E-state index >= 15 is 0 Å². The molecule has 3 aliphatic rings. The van der Waals surface area contributed by atoms with Gasteiger partial charge in [-0.05, 0) is 11.8 Å². The first-order valence-corrected chi connectivity index (χ1v) is 4.82. The van der Waals surface area contributed by atoms with E-state index in [2.05, 4.69) is 0 Å². The zero-order valence-electron chi connectivity index (χ0n) is 7.49. The molecule has 0 aliphatic heterocycles. The van der Waals surface area contributed by atoms with Gasteiger partial charge in [0.2, 0.25) is 0 Å². The summed E-state index contributed by atoms with van der Waals surface area (Å²) in [6.45, 7) is 0. The molecule has 13 heavy (non-hydrogen) atoms. The lowest BCUT2D eigenvalue weighted by molar-refractivity contribution is 0.176. The van der Waals surface area contributed by atoms with Crippen LogP contribution in [0.4, 0.5) is 17.3 Å². The molecule has 0 N–H and O–H groups in total. The van der Waals surface area contributed by atoms with Crippen molar-refractivity contribution < 1.29 is 17.3 Å². The third-order valence-corrected chi connectivity index (χ3v) is 2.95. The summed E-state index contributed by atoms with van der Waals surface area (Å²) in [7, 11) is -6.00. The first kappa shape index (κ1) is 10.9. The minimum Gasteiger partial charge on any atom is -0.418 e. The summed E-state index contributed by atoms with van der Waals surface area (Å²) in [5.74, 6) is 2.31. The van der Waals surface area contributed by atoms with Crippen molar-refractivity contribution in [3.8, 4) is 0 Å². The van der Waals surface area contributed by atoms with Crippen LogP contribution < -0.4 is 0 Å². The van der Waals surface area contributed by atoms with E-state index < -0.39 is 7.25 Å². The highest BCUT2D eigenvalue weighted by atomic mass is 19.5. The molecule has 3 aliphatic carbocycles. The molecule has 3 fully saturated rings. The molecule has 0 saturated heterocycles. The Hall–Kier alpha value is -0.215. The van der Waals surface area contributed by atoms with Gasteiger partial charge in [0, 0.05) is 0 Å². The lowest BCUT2D eigenvalue weighted by atomic mass is 9.71. The van der Waals surface area contributed by atoms with E-state index in [1.54, 1.807) is 38.5 Å². The van der Waals surface area contributed by atoms with Crippen LogP contribution in [0.5, 0.6) is 0 Å². The van der Waals surface area contributed by atoms with Crippen LogP contribution in [0.3, 0.4) is 0 Å². The third kappa shape index (κ3) is 5.16. The van der Waals surface area contributed by atoms with Crippen LogP contribution in [-0.2, 0) is 0 Å². The Kier molecular flexibility index (Phi) is 3.62. The molecule has 0 aromatic carbocycles. The van der Waals surface area contributed by atoms with Gasteiger partial charge in [0.25, 0.3) is 0 Å². The number of hydrogen-bond donors (Lipinski definition) is 0. The Morgan fingerprint density at radius 2 is 0.769 bits per heavy atom. The maximum Gasteiger partial charge on any atom is 0.673 e. The van der Waals surface area contributed by atoms with Crippen LogP contribution in [0.1, 0.15) is 38.5 Å². The van der Waals surface area contributed by atoms with Crippen LogP contribution in [0.2, 0.25) is 0 Å². The van der Waals surface area contributed by atoms with Crippen molar-refractivity contribution in [2.24, 2.45) is 11.8 Å². The number of rotatable bonds is 0. The normalized spacial score (nSPS) is 32.3. The summed E-state index contributed by atoms with van der Waals surface area (Å²) < 4.78 is 39.0. The van der Waals surface area contributed by atoms with Gasteiger partial charge in [-0.15, -0.1) is 0 Å². The number of hydrogen-bond acceptors (Lipinski definition) is 0. The maximum atomic E-state index is 9.75. The molecule has 0 radical (unpaired) electrons. The highest BCUT2D eigenvalue weighted by Gasteiger charge is 2.26. The van der Waals surface area contributed by atoms with E-state index in [1.165, 1.54) is 0 Å². The number of fused-ring (bicyclic) bond motifs is 3. The van der Waals surface area contributed by atoms with Crippen molar-refractivity contribution in [3.63, 3.8) is 0 Å². The van der Waals surface area contributed by atoms with E-state index in [9.17, 15) is 17.3 Å². The lowest BCUT2D eigenvalue weighted by Crippen LogP contribution is -2.21. The van der Waals surface area contributed by atoms with Crippen molar-refractivity contribution in [2.45, 2.75) is 38.5 Å². The summed E-state index contributed by atoms with van der Waals surface area (Å²) in [6, 6.07) is 0. The van der Waals surface area contributed by atoms with Crippen LogP contribution >= 0.6 is 0 Å². The summed E-state index contributed by atoms with van der Waals surface area (Å²) >= 11 is 0. The summed E-state index contributed by atoms with van der Waals surface area (Å²) in [4.78, 5) is 0. The molecule has 3 rings (SSSR count). The highest BCUT2D eigenvalue weighted by Crippen LogP contribution is 2.40. The standard InChI is InChI=1S/C8H14.BF4/c1-2-8-5-3-7(1)4-6-8;2-1(3,4)5/h7-8H,1-6H2;/q;-1. The Morgan fingerprint density at radius 1 is 0.615 bits per heavy atom. The molecule has 2 bridgehead atoms. The first-order chi connectivity index (χ1) is 5.95. The quantitative estimate of drug-likeness (QED) is 0.408. The second-order valence-corrected chi connectivity index (χ2v) is 3.96. The molecule has 0 aromatic rings. The second kappa shape index (κ2) is 4.33. The lowest BCUT2D eigenvalue weighted by Gasteiger charge is -2.35. The molecular weight excluding hydrogens is 183 g/mol. The van der Waals surface area contributed by atoms with Gasteiger partial charge in [-0.25, -0.2) is 0 Å². The predicted octanol–water partition coefficient (Wildman–Crippen LogP) is 3.89. The van der Waals surface area contributed by atoms with Gasteiger partial charge in [0.15, 0.2) is 0 Å².